The molecule has 6 rings (SSSR count). The van der Waals surface area contributed by atoms with Crippen molar-refractivity contribution >= 4 is 23.5 Å². The predicted octanol–water partition coefficient (Wildman–Crippen LogP) is 3.65. The van der Waals surface area contributed by atoms with Crippen molar-refractivity contribution in [3.8, 4) is 23.0 Å². The molecule has 1 amide bonds. The van der Waals surface area contributed by atoms with E-state index in [2.05, 4.69) is 10.4 Å². The maximum atomic E-state index is 13.4. The fourth-order valence-corrected chi connectivity index (χ4v) is 3.95. The molecule has 3 aliphatic rings. The van der Waals surface area contributed by atoms with Gasteiger partial charge in [0.2, 0.25) is 13.6 Å². The van der Waals surface area contributed by atoms with Gasteiger partial charge in [-0.3, -0.25) is 14.9 Å². The van der Waals surface area contributed by atoms with Crippen LogP contribution in [-0.4, -0.2) is 35.6 Å². The average Bonchev–Trinajstić information content (AvgIpc) is 3.51. The summed E-state index contributed by atoms with van der Waals surface area (Å²) in [4.78, 5) is 24.2. The maximum absolute atomic E-state index is 13.4. The Morgan fingerprint density at radius 3 is 2.41 bits per heavy atom. The van der Waals surface area contributed by atoms with Crippen molar-refractivity contribution in [1.29, 1.82) is 0 Å². The minimum atomic E-state index is -0.748. The second kappa shape index (κ2) is 7.66. The van der Waals surface area contributed by atoms with Crippen LogP contribution in [0.25, 0.3) is 0 Å². The molecule has 11 nitrogen and oxygen atoms in total. The largest absolute Gasteiger partial charge is 0.454 e. The van der Waals surface area contributed by atoms with E-state index in [0.717, 1.165) is 0 Å². The number of nitro benzene ring substituents is 1. The number of rotatable bonds is 4. The molecule has 34 heavy (non-hydrogen) atoms. The van der Waals surface area contributed by atoms with E-state index in [0.29, 0.717) is 39.8 Å². The van der Waals surface area contributed by atoms with Gasteiger partial charge in [0, 0.05) is 17.7 Å². The van der Waals surface area contributed by atoms with Gasteiger partial charge in [0.25, 0.3) is 11.6 Å². The Morgan fingerprint density at radius 2 is 1.65 bits per heavy atom. The first-order chi connectivity index (χ1) is 16.6. The first kappa shape index (κ1) is 19.9. The lowest BCUT2D eigenvalue weighted by Crippen LogP contribution is -2.39. The van der Waals surface area contributed by atoms with E-state index in [-0.39, 0.29) is 24.8 Å². The lowest BCUT2D eigenvalue weighted by atomic mass is 10.0. The number of nitro groups is 1. The van der Waals surface area contributed by atoms with E-state index < -0.39 is 17.0 Å². The fraction of sp³-hybridized carbons (Fsp3) is 0.130. The summed E-state index contributed by atoms with van der Waals surface area (Å²) < 4.78 is 21.6. The quantitative estimate of drug-likeness (QED) is 0.355. The number of anilines is 1. The van der Waals surface area contributed by atoms with Gasteiger partial charge in [-0.25, -0.2) is 5.01 Å². The number of nitrogens with one attached hydrogen (secondary N) is 1. The Bertz CT molecular complexity index is 1370. The zero-order chi connectivity index (χ0) is 23.2. The summed E-state index contributed by atoms with van der Waals surface area (Å²) in [6, 6.07) is 14.7. The molecular weight excluding hydrogens is 444 g/mol. The Hall–Kier alpha value is -4.80. The van der Waals surface area contributed by atoms with Crippen LogP contribution in [0.5, 0.6) is 23.0 Å². The molecule has 0 spiro atoms. The van der Waals surface area contributed by atoms with Crippen LogP contribution in [-0.2, 0) is 0 Å². The number of fused-ring (bicyclic) bond motifs is 3. The van der Waals surface area contributed by atoms with E-state index in [4.69, 9.17) is 18.9 Å². The first-order valence-electron chi connectivity index (χ1n) is 10.3. The molecule has 0 radical (unpaired) electrons. The van der Waals surface area contributed by atoms with Gasteiger partial charge in [-0.05, 0) is 42.0 Å². The molecule has 3 heterocycles. The lowest BCUT2D eigenvalue weighted by molar-refractivity contribution is -0.384. The van der Waals surface area contributed by atoms with Crippen LogP contribution in [0.1, 0.15) is 27.7 Å². The Kier molecular flexibility index (Phi) is 4.47. The summed E-state index contributed by atoms with van der Waals surface area (Å²) in [5.41, 5.74) is 1.86. The van der Waals surface area contributed by atoms with Gasteiger partial charge in [-0.15, -0.1) is 0 Å². The minimum absolute atomic E-state index is 0.108. The van der Waals surface area contributed by atoms with Crippen molar-refractivity contribution < 1.29 is 28.7 Å². The van der Waals surface area contributed by atoms with Crippen LogP contribution in [0.3, 0.4) is 0 Å². The average molecular weight is 460 g/mol. The van der Waals surface area contributed by atoms with E-state index in [1.165, 1.54) is 29.4 Å². The van der Waals surface area contributed by atoms with Crippen LogP contribution in [0.4, 0.5) is 11.4 Å². The zero-order valence-electron chi connectivity index (χ0n) is 17.5. The van der Waals surface area contributed by atoms with Crippen molar-refractivity contribution in [3.63, 3.8) is 0 Å². The van der Waals surface area contributed by atoms with Crippen molar-refractivity contribution in [3.05, 3.63) is 81.4 Å². The molecular formula is C23H16N4O7. The van der Waals surface area contributed by atoms with Gasteiger partial charge in [0.1, 0.15) is 0 Å². The number of nitrogens with zero attached hydrogens (tertiary/aromatic N) is 3. The third kappa shape index (κ3) is 3.30. The molecule has 11 heteroatoms. The number of hydrazone groups is 1. The summed E-state index contributed by atoms with van der Waals surface area (Å²) >= 11 is 0. The molecule has 0 bridgehead atoms. The van der Waals surface area contributed by atoms with E-state index in [1.54, 1.807) is 36.4 Å². The minimum Gasteiger partial charge on any atom is -0.454 e. The van der Waals surface area contributed by atoms with Crippen LogP contribution < -0.4 is 24.3 Å². The highest BCUT2D eigenvalue weighted by molar-refractivity contribution is 6.02. The second-order valence-corrected chi connectivity index (χ2v) is 7.65. The smallest absolute Gasteiger partial charge is 0.278 e. The molecule has 1 atom stereocenters. The number of benzene rings is 3. The molecule has 0 aliphatic carbocycles. The molecule has 3 aromatic carbocycles. The summed E-state index contributed by atoms with van der Waals surface area (Å²) in [6.07, 6.45) is 0.791. The van der Waals surface area contributed by atoms with Crippen LogP contribution in [0.15, 0.2) is 59.7 Å². The third-order valence-electron chi connectivity index (χ3n) is 5.63. The highest BCUT2D eigenvalue weighted by Gasteiger charge is 2.35. The number of amides is 1. The Labute approximate surface area is 192 Å². The highest BCUT2D eigenvalue weighted by atomic mass is 16.7. The molecule has 3 aliphatic heterocycles. The SMILES string of the molecule is O=C1c2ccc([N+](=O)[O-])cc2N[C@@H](c2ccc3c(c2)OCO3)N1/N=C\c1ccc2c(c1)OCO2. The molecule has 0 fully saturated rings. The number of carbonyl (C=O) groups excluding carboxylic acids is 1. The van der Waals surface area contributed by atoms with Crippen LogP contribution in [0.2, 0.25) is 0 Å². The van der Waals surface area contributed by atoms with E-state index in [9.17, 15) is 14.9 Å². The number of non-ortho nitro benzene ring substituents is 1. The normalized spacial score (nSPS) is 17.6. The first-order valence-corrected chi connectivity index (χ1v) is 10.3. The van der Waals surface area contributed by atoms with E-state index >= 15 is 0 Å². The van der Waals surface area contributed by atoms with Gasteiger partial charge in [0.05, 0.1) is 22.4 Å². The summed E-state index contributed by atoms with van der Waals surface area (Å²) in [5.74, 6) is 1.95. The van der Waals surface area contributed by atoms with Crippen LogP contribution >= 0.6 is 0 Å². The lowest BCUT2D eigenvalue weighted by Gasteiger charge is -2.34. The number of ether oxygens (including phenoxy) is 4. The van der Waals surface area contributed by atoms with Crippen LogP contribution in [0, 0.1) is 10.1 Å². The van der Waals surface area contributed by atoms with Crippen molar-refractivity contribution in [1.82, 2.24) is 5.01 Å². The molecule has 0 unspecified atom stereocenters. The third-order valence-corrected chi connectivity index (χ3v) is 5.63. The number of carbonyl (C=O) groups is 1. The van der Waals surface area contributed by atoms with Crippen molar-refractivity contribution in [2.24, 2.45) is 5.10 Å². The topological polar surface area (TPSA) is 125 Å². The molecule has 0 aromatic heterocycles. The Balaban J connectivity index is 1.40. The van der Waals surface area contributed by atoms with Crippen molar-refractivity contribution in [2.75, 3.05) is 18.9 Å². The zero-order valence-corrected chi connectivity index (χ0v) is 17.5. The molecule has 170 valence electrons. The Morgan fingerprint density at radius 1 is 0.941 bits per heavy atom. The standard InChI is InChI=1S/C23H16N4O7/c28-23-16-4-3-15(27(29)30)9-17(16)25-22(14-2-6-19-21(8-14)34-12-32-19)26(23)24-10-13-1-5-18-20(7-13)33-11-31-18/h1-10,22,25H,11-12H2/b24-10-/t22-/m1/s1. The maximum Gasteiger partial charge on any atom is 0.278 e. The van der Waals surface area contributed by atoms with E-state index in [1.807, 2.05) is 0 Å². The monoisotopic (exact) mass is 460 g/mol. The number of hydrogen-bond acceptors (Lipinski definition) is 9. The number of hydrogen-bond donors (Lipinski definition) is 1. The van der Waals surface area contributed by atoms with Crippen molar-refractivity contribution in [2.45, 2.75) is 6.17 Å². The molecule has 0 saturated heterocycles. The van der Waals surface area contributed by atoms with Gasteiger partial charge in [0.15, 0.2) is 29.2 Å². The predicted molar refractivity (Wildman–Crippen MR) is 118 cm³/mol. The molecule has 0 saturated carbocycles. The van der Waals surface area contributed by atoms with Gasteiger partial charge in [-0.1, -0.05) is 6.07 Å². The van der Waals surface area contributed by atoms with Gasteiger partial charge < -0.3 is 24.3 Å². The second-order valence-electron chi connectivity index (χ2n) is 7.65. The van der Waals surface area contributed by atoms with Gasteiger partial charge >= 0.3 is 0 Å². The fourth-order valence-electron chi connectivity index (χ4n) is 3.95. The summed E-state index contributed by atoms with van der Waals surface area (Å²) in [5, 5.41) is 20.2. The summed E-state index contributed by atoms with van der Waals surface area (Å²) in [6.45, 7) is 0.260. The van der Waals surface area contributed by atoms with Gasteiger partial charge in [-0.2, -0.15) is 5.10 Å². The highest BCUT2D eigenvalue weighted by Crippen LogP contribution is 2.40. The molecule has 1 N–H and O–H groups in total. The summed E-state index contributed by atoms with van der Waals surface area (Å²) in [7, 11) is 0. The molecule has 3 aromatic rings.